The second kappa shape index (κ2) is 4.48. The van der Waals surface area contributed by atoms with E-state index in [4.69, 9.17) is 4.74 Å². The van der Waals surface area contributed by atoms with Gasteiger partial charge in [-0.15, -0.1) is 0 Å². The smallest absolute Gasteiger partial charge is 0.123 e. The molecule has 0 aliphatic rings. The molecule has 0 unspecified atom stereocenters. The molecule has 0 aliphatic heterocycles. The molecule has 66 valence electrons. The van der Waals surface area contributed by atoms with Crippen molar-refractivity contribution < 1.29 is 4.74 Å². The number of methoxy groups -OCH3 is 1. The van der Waals surface area contributed by atoms with Crippen LogP contribution in [0.1, 0.15) is 5.56 Å². The number of rotatable bonds is 3. The lowest BCUT2D eigenvalue weighted by Gasteiger charge is -2.07. The van der Waals surface area contributed by atoms with Crippen molar-refractivity contribution in [3.63, 3.8) is 0 Å². The van der Waals surface area contributed by atoms with Crippen molar-refractivity contribution in [2.75, 3.05) is 14.2 Å². The minimum atomic E-state index is 0.822. The first-order chi connectivity index (χ1) is 5.77. The molecule has 2 nitrogen and oxygen atoms in total. The van der Waals surface area contributed by atoms with Gasteiger partial charge in [-0.1, -0.05) is 15.9 Å². The Bertz CT molecular complexity index is 263. The molecule has 3 heteroatoms. The van der Waals surface area contributed by atoms with Crippen LogP contribution in [0.5, 0.6) is 5.75 Å². The zero-order valence-electron chi connectivity index (χ0n) is 7.23. The molecule has 0 radical (unpaired) electrons. The van der Waals surface area contributed by atoms with Crippen LogP contribution in [0.3, 0.4) is 0 Å². The van der Waals surface area contributed by atoms with Crippen molar-refractivity contribution in [2.24, 2.45) is 0 Å². The van der Waals surface area contributed by atoms with E-state index in [1.54, 1.807) is 7.11 Å². The monoisotopic (exact) mass is 229 g/mol. The standard InChI is InChI=1S/C9H12BrNO/c1-11-6-7-5-8(10)3-4-9(7)12-2/h3-5,11H,6H2,1-2H3. The summed E-state index contributed by atoms with van der Waals surface area (Å²) in [5, 5.41) is 3.09. The van der Waals surface area contributed by atoms with Crippen molar-refractivity contribution in [3.05, 3.63) is 28.2 Å². The largest absolute Gasteiger partial charge is 0.496 e. The predicted octanol–water partition coefficient (Wildman–Crippen LogP) is 2.18. The normalized spacial score (nSPS) is 9.92. The van der Waals surface area contributed by atoms with E-state index in [1.807, 2.05) is 19.2 Å². The molecule has 0 saturated carbocycles. The molecule has 0 spiro atoms. The SMILES string of the molecule is CNCc1cc(Br)ccc1OC. The highest BCUT2D eigenvalue weighted by atomic mass is 79.9. The number of hydrogen-bond donors (Lipinski definition) is 1. The first-order valence-electron chi connectivity index (χ1n) is 3.75. The summed E-state index contributed by atoms with van der Waals surface area (Å²) in [6.45, 7) is 0.822. The van der Waals surface area contributed by atoms with Crippen LogP contribution in [-0.4, -0.2) is 14.2 Å². The van der Waals surface area contributed by atoms with Gasteiger partial charge in [0.05, 0.1) is 7.11 Å². The average Bonchev–Trinajstić information content (AvgIpc) is 2.05. The van der Waals surface area contributed by atoms with Gasteiger partial charge < -0.3 is 10.1 Å². The van der Waals surface area contributed by atoms with Gasteiger partial charge >= 0.3 is 0 Å². The Kier molecular flexibility index (Phi) is 3.56. The van der Waals surface area contributed by atoms with Crippen LogP contribution in [0.4, 0.5) is 0 Å². The number of benzene rings is 1. The maximum absolute atomic E-state index is 5.19. The first kappa shape index (κ1) is 9.55. The number of ether oxygens (including phenoxy) is 1. The minimum absolute atomic E-state index is 0.822. The van der Waals surface area contributed by atoms with Crippen LogP contribution in [0, 0.1) is 0 Å². The first-order valence-corrected chi connectivity index (χ1v) is 4.54. The lowest BCUT2D eigenvalue weighted by atomic mass is 10.2. The predicted molar refractivity (Wildman–Crippen MR) is 53.5 cm³/mol. The fourth-order valence-corrected chi connectivity index (χ4v) is 1.48. The van der Waals surface area contributed by atoms with Crippen LogP contribution in [-0.2, 0) is 6.54 Å². The van der Waals surface area contributed by atoms with Crippen LogP contribution in [0.2, 0.25) is 0 Å². The van der Waals surface area contributed by atoms with E-state index in [-0.39, 0.29) is 0 Å². The summed E-state index contributed by atoms with van der Waals surface area (Å²) in [7, 11) is 3.60. The summed E-state index contributed by atoms with van der Waals surface area (Å²) in [5.41, 5.74) is 1.16. The fraction of sp³-hybridized carbons (Fsp3) is 0.333. The molecule has 0 aromatic heterocycles. The Morgan fingerprint density at radius 1 is 1.50 bits per heavy atom. The third-order valence-electron chi connectivity index (χ3n) is 1.61. The van der Waals surface area contributed by atoms with E-state index in [1.165, 1.54) is 0 Å². The summed E-state index contributed by atoms with van der Waals surface area (Å²) in [5.74, 6) is 0.924. The molecule has 12 heavy (non-hydrogen) atoms. The van der Waals surface area contributed by atoms with Gasteiger partial charge in [0.2, 0.25) is 0 Å². The highest BCUT2D eigenvalue weighted by Gasteiger charge is 2.01. The molecule has 0 saturated heterocycles. The summed E-state index contributed by atoms with van der Waals surface area (Å²) in [4.78, 5) is 0. The van der Waals surface area contributed by atoms with Gasteiger partial charge in [-0.2, -0.15) is 0 Å². The Morgan fingerprint density at radius 2 is 2.25 bits per heavy atom. The molecule has 1 aromatic rings. The van der Waals surface area contributed by atoms with Crippen molar-refractivity contribution in [1.29, 1.82) is 0 Å². The zero-order chi connectivity index (χ0) is 8.97. The Hall–Kier alpha value is -0.540. The molecular weight excluding hydrogens is 218 g/mol. The molecule has 1 N–H and O–H groups in total. The Labute approximate surface area is 81.1 Å². The third kappa shape index (κ3) is 2.22. The molecule has 0 heterocycles. The second-order valence-corrected chi connectivity index (χ2v) is 3.40. The lowest BCUT2D eigenvalue weighted by molar-refractivity contribution is 0.408. The lowest BCUT2D eigenvalue weighted by Crippen LogP contribution is -2.06. The van der Waals surface area contributed by atoms with Crippen molar-refractivity contribution in [2.45, 2.75) is 6.54 Å². The van der Waals surface area contributed by atoms with Crippen molar-refractivity contribution >= 4 is 15.9 Å². The Balaban J connectivity index is 2.95. The average molecular weight is 230 g/mol. The maximum atomic E-state index is 5.19. The molecule has 1 rings (SSSR count). The summed E-state index contributed by atoms with van der Waals surface area (Å²) < 4.78 is 6.27. The topological polar surface area (TPSA) is 21.3 Å². The summed E-state index contributed by atoms with van der Waals surface area (Å²) in [6, 6.07) is 5.98. The van der Waals surface area contributed by atoms with Gasteiger partial charge in [0.1, 0.15) is 5.75 Å². The van der Waals surface area contributed by atoms with Gasteiger partial charge in [0, 0.05) is 16.6 Å². The minimum Gasteiger partial charge on any atom is -0.496 e. The maximum Gasteiger partial charge on any atom is 0.123 e. The summed E-state index contributed by atoms with van der Waals surface area (Å²) >= 11 is 3.41. The molecule has 0 atom stereocenters. The van der Waals surface area contributed by atoms with Crippen LogP contribution >= 0.6 is 15.9 Å². The highest BCUT2D eigenvalue weighted by molar-refractivity contribution is 9.10. The molecule has 0 aliphatic carbocycles. The highest BCUT2D eigenvalue weighted by Crippen LogP contribution is 2.22. The van der Waals surface area contributed by atoms with Crippen molar-refractivity contribution in [1.82, 2.24) is 5.32 Å². The third-order valence-corrected chi connectivity index (χ3v) is 2.10. The van der Waals surface area contributed by atoms with Crippen LogP contribution in [0.15, 0.2) is 22.7 Å². The molecule has 0 amide bonds. The number of hydrogen-bond acceptors (Lipinski definition) is 2. The molecule has 0 fully saturated rings. The number of nitrogens with one attached hydrogen (secondary N) is 1. The number of halogens is 1. The van der Waals surface area contributed by atoms with Crippen LogP contribution < -0.4 is 10.1 Å². The van der Waals surface area contributed by atoms with Gasteiger partial charge in [0.25, 0.3) is 0 Å². The van der Waals surface area contributed by atoms with Gasteiger partial charge in [-0.25, -0.2) is 0 Å². The van der Waals surface area contributed by atoms with Gasteiger partial charge in [0.15, 0.2) is 0 Å². The van der Waals surface area contributed by atoms with E-state index in [2.05, 4.69) is 27.3 Å². The van der Waals surface area contributed by atoms with E-state index < -0.39 is 0 Å². The Morgan fingerprint density at radius 3 is 2.83 bits per heavy atom. The zero-order valence-corrected chi connectivity index (χ0v) is 8.81. The molecule has 0 bridgehead atoms. The van der Waals surface area contributed by atoms with Crippen LogP contribution in [0.25, 0.3) is 0 Å². The van der Waals surface area contributed by atoms with E-state index in [0.29, 0.717) is 0 Å². The van der Waals surface area contributed by atoms with Gasteiger partial charge in [-0.3, -0.25) is 0 Å². The summed E-state index contributed by atoms with van der Waals surface area (Å²) in [6.07, 6.45) is 0. The van der Waals surface area contributed by atoms with E-state index in [0.717, 1.165) is 22.3 Å². The molecular formula is C9H12BrNO. The van der Waals surface area contributed by atoms with Gasteiger partial charge in [-0.05, 0) is 25.2 Å². The quantitative estimate of drug-likeness (QED) is 0.859. The van der Waals surface area contributed by atoms with E-state index >= 15 is 0 Å². The molecule has 1 aromatic carbocycles. The van der Waals surface area contributed by atoms with E-state index in [9.17, 15) is 0 Å². The van der Waals surface area contributed by atoms with Crippen molar-refractivity contribution in [3.8, 4) is 5.75 Å². The fourth-order valence-electron chi connectivity index (χ4n) is 1.08. The second-order valence-electron chi connectivity index (χ2n) is 2.49.